The molecule has 1 aromatic carbocycles. The molecule has 168 valence electrons. The lowest BCUT2D eigenvalue weighted by Gasteiger charge is -2.29. The van der Waals surface area contributed by atoms with E-state index in [2.05, 4.69) is 34.0 Å². The van der Waals surface area contributed by atoms with Crippen molar-refractivity contribution in [3.63, 3.8) is 0 Å². The van der Waals surface area contributed by atoms with Crippen molar-refractivity contribution in [3.8, 4) is 10.6 Å². The summed E-state index contributed by atoms with van der Waals surface area (Å²) in [6.07, 6.45) is 5.13. The molecule has 0 amide bonds. The zero-order chi connectivity index (χ0) is 22.5. The first-order chi connectivity index (χ1) is 15.3. The first-order valence-electron chi connectivity index (χ1n) is 10.5. The Kier molecular flexibility index (Phi) is 5.25. The van der Waals surface area contributed by atoms with E-state index in [1.54, 1.807) is 24.3 Å². The van der Waals surface area contributed by atoms with Gasteiger partial charge in [-0.3, -0.25) is 0 Å². The Balaban J connectivity index is 1.28. The van der Waals surface area contributed by atoms with E-state index in [0.717, 1.165) is 53.0 Å². The van der Waals surface area contributed by atoms with Crippen molar-refractivity contribution in [1.29, 1.82) is 0 Å². The van der Waals surface area contributed by atoms with E-state index >= 15 is 0 Å². The summed E-state index contributed by atoms with van der Waals surface area (Å²) in [5.41, 5.74) is 1.93. The van der Waals surface area contributed by atoms with Crippen molar-refractivity contribution in [1.82, 2.24) is 24.7 Å². The molecule has 0 radical (unpaired) electrons. The Hall–Kier alpha value is -2.79. The molecule has 0 aliphatic carbocycles. The summed E-state index contributed by atoms with van der Waals surface area (Å²) in [5, 5.41) is 9.52. The lowest BCUT2D eigenvalue weighted by Crippen LogP contribution is -2.33. The molecule has 11 heteroatoms. The molecular formula is C21H24N6O3S2. The summed E-state index contributed by atoms with van der Waals surface area (Å²) in [6, 6.07) is 7.40. The third-order valence-electron chi connectivity index (χ3n) is 5.72. The van der Waals surface area contributed by atoms with Gasteiger partial charge in [0.25, 0.3) is 0 Å². The van der Waals surface area contributed by atoms with Crippen molar-refractivity contribution in [2.45, 2.75) is 43.4 Å². The number of hydrogen-bond acceptors (Lipinski definition) is 9. The molecule has 0 atom stereocenters. The molecule has 1 saturated heterocycles. The van der Waals surface area contributed by atoms with Gasteiger partial charge in [0.2, 0.25) is 4.96 Å². The third kappa shape index (κ3) is 4.02. The molecule has 0 bridgehead atoms. The van der Waals surface area contributed by atoms with Crippen molar-refractivity contribution < 1.29 is 12.9 Å². The molecule has 0 spiro atoms. The molecule has 9 nitrogen and oxygen atoms in total. The van der Waals surface area contributed by atoms with Crippen LogP contribution in [0.25, 0.3) is 15.5 Å². The van der Waals surface area contributed by atoms with Crippen LogP contribution in [0.15, 0.2) is 39.9 Å². The maximum Gasteiger partial charge on any atom is 0.324 e. The SMILES string of the molecule is CC(C)c1noc(N2CCC(c3cn4nc(-c5ccc(S(C)(=O)=O)cc5)sc4n3)CC2)n1. The highest BCUT2D eigenvalue weighted by atomic mass is 32.2. The fourth-order valence-corrected chi connectivity index (χ4v) is 5.36. The maximum absolute atomic E-state index is 11.7. The van der Waals surface area contributed by atoms with Crippen LogP contribution < -0.4 is 4.90 Å². The summed E-state index contributed by atoms with van der Waals surface area (Å²) in [4.78, 5) is 12.6. The Morgan fingerprint density at radius 1 is 1.12 bits per heavy atom. The van der Waals surface area contributed by atoms with Crippen LogP contribution in [0.4, 0.5) is 6.01 Å². The quantitative estimate of drug-likeness (QED) is 0.432. The van der Waals surface area contributed by atoms with Gasteiger partial charge in [-0.25, -0.2) is 17.9 Å². The fraction of sp³-hybridized carbons (Fsp3) is 0.429. The second-order valence-electron chi connectivity index (χ2n) is 8.45. The fourth-order valence-electron chi connectivity index (χ4n) is 3.83. The molecule has 3 aromatic heterocycles. The van der Waals surface area contributed by atoms with Crippen molar-refractivity contribution in [2.75, 3.05) is 24.2 Å². The Morgan fingerprint density at radius 3 is 2.44 bits per heavy atom. The normalized spacial score (nSPS) is 15.8. The Labute approximate surface area is 190 Å². The summed E-state index contributed by atoms with van der Waals surface area (Å²) in [6.45, 7) is 5.80. The lowest BCUT2D eigenvalue weighted by atomic mass is 9.94. The minimum Gasteiger partial charge on any atom is -0.324 e. The van der Waals surface area contributed by atoms with E-state index in [4.69, 9.17) is 9.51 Å². The first kappa shape index (κ1) is 21.1. The number of hydrogen-bond donors (Lipinski definition) is 0. The molecular weight excluding hydrogens is 448 g/mol. The molecule has 5 rings (SSSR count). The largest absolute Gasteiger partial charge is 0.324 e. The van der Waals surface area contributed by atoms with Gasteiger partial charge in [0.15, 0.2) is 15.7 Å². The van der Waals surface area contributed by atoms with Gasteiger partial charge >= 0.3 is 6.01 Å². The second-order valence-corrected chi connectivity index (χ2v) is 11.4. The number of fused-ring (bicyclic) bond motifs is 1. The van der Waals surface area contributed by atoms with E-state index in [9.17, 15) is 8.42 Å². The maximum atomic E-state index is 11.7. The van der Waals surface area contributed by atoms with Gasteiger partial charge in [-0.15, -0.1) is 0 Å². The highest BCUT2D eigenvalue weighted by molar-refractivity contribution is 7.90. The molecule has 1 fully saturated rings. The number of nitrogens with zero attached hydrogens (tertiary/aromatic N) is 6. The van der Waals surface area contributed by atoms with Crippen LogP contribution in [0.3, 0.4) is 0 Å². The van der Waals surface area contributed by atoms with Crippen LogP contribution in [0, 0.1) is 0 Å². The number of sulfone groups is 1. The predicted molar refractivity (Wildman–Crippen MR) is 122 cm³/mol. The smallest absolute Gasteiger partial charge is 0.324 e. The van der Waals surface area contributed by atoms with Crippen LogP contribution >= 0.6 is 11.3 Å². The summed E-state index contributed by atoms with van der Waals surface area (Å²) in [5.74, 6) is 1.35. The first-order valence-corrected chi connectivity index (χ1v) is 13.2. The van der Waals surface area contributed by atoms with Gasteiger partial charge in [0.05, 0.1) is 16.8 Å². The lowest BCUT2D eigenvalue weighted by molar-refractivity contribution is 0.386. The molecule has 0 N–H and O–H groups in total. The summed E-state index contributed by atoms with van der Waals surface area (Å²) in [7, 11) is -3.21. The number of benzene rings is 1. The molecule has 32 heavy (non-hydrogen) atoms. The number of rotatable bonds is 5. The van der Waals surface area contributed by atoms with E-state index in [1.165, 1.54) is 17.6 Å². The van der Waals surface area contributed by atoms with E-state index < -0.39 is 9.84 Å². The average Bonchev–Trinajstić information content (AvgIpc) is 3.48. The van der Waals surface area contributed by atoms with Crippen LogP contribution in [-0.2, 0) is 9.84 Å². The van der Waals surface area contributed by atoms with E-state index in [0.29, 0.717) is 16.8 Å². The van der Waals surface area contributed by atoms with E-state index in [1.807, 2.05) is 10.7 Å². The summed E-state index contributed by atoms with van der Waals surface area (Å²) < 4.78 is 30.6. The zero-order valence-electron chi connectivity index (χ0n) is 18.1. The molecule has 4 aromatic rings. The van der Waals surface area contributed by atoms with Crippen LogP contribution in [0.2, 0.25) is 0 Å². The Bertz CT molecular complexity index is 1310. The van der Waals surface area contributed by atoms with Gasteiger partial charge in [-0.2, -0.15) is 10.1 Å². The standard InChI is InChI=1S/C21H24N6O3S2/c1-13(2)18-23-20(30-25-18)26-10-8-14(9-11-26)17-12-27-21(22-17)31-19(24-27)15-4-6-16(7-5-15)32(3,28)29/h4-7,12-14H,8-11H2,1-3H3. The molecule has 0 unspecified atom stereocenters. The monoisotopic (exact) mass is 472 g/mol. The van der Waals surface area contributed by atoms with Crippen molar-refractivity contribution >= 4 is 32.1 Å². The average molecular weight is 473 g/mol. The summed E-state index contributed by atoms with van der Waals surface area (Å²) >= 11 is 1.50. The number of aromatic nitrogens is 5. The minimum absolute atomic E-state index is 0.249. The molecule has 4 heterocycles. The van der Waals surface area contributed by atoms with Gasteiger partial charge in [0, 0.05) is 36.7 Å². The van der Waals surface area contributed by atoms with Crippen LogP contribution in [0.1, 0.15) is 50.0 Å². The molecule has 1 aliphatic rings. The highest BCUT2D eigenvalue weighted by Gasteiger charge is 2.26. The van der Waals surface area contributed by atoms with Gasteiger partial charge < -0.3 is 9.42 Å². The zero-order valence-corrected chi connectivity index (χ0v) is 19.7. The second kappa shape index (κ2) is 7.96. The van der Waals surface area contributed by atoms with Gasteiger partial charge in [-0.1, -0.05) is 42.5 Å². The van der Waals surface area contributed by atoms with Crippen LogP contribution in [0.5, 0.6) is 0 Å². The Morgan fingerprint density at radius 2 is 1.84 bits per heavy atom. The molecule has 0 saturated carbocycles. The number of imidazole rings is 1. The van der Waals surface area contributed by atoms with Crippen molar-refractivity contribution in [3.05, 3.63) is 42.0 Å². The van der Waals surface area contributed by atoms with Crippen LogP contribution in [-0.4, -0.2) is 52.5 Å². The molecule has 1 aliphatic heterocycles. The number of anilines is 1. The predicted octanol–water partition coefficient (Wildman–Crippen LogP) is 3.75. The van der Waals surface area contributed by atoms with E-state index in [-0.39, 0.29) is 5.92 Å². The topological polar surface area (TPSA) is 106 Å². The number of piperidine rings is 1. The highest BCUT2D eigenvalue weighted by Crippen LogP contribution is 2.32. The van der Waals surface area contributed by atoms with Crippen molar-refractivity contribution in [2.24, 2.45) is 0 Å². The minimum atomic E-state index is -3.21. The van der Waals surface area contributed by atoms with Gasteiger partial charge in [-0.05, 0) is 25.0 Å². The third-order valence-corrected chi connectivity index (χ3v) is 7.82. The van der Waals surface area contributed by atoms with Gasteiger partial charge in [0.1, 0.15) is 5.01 Å².